The summed E-state index contributed by atoms with van der Waals surface area (Å²) in [6, 6.07) is 2.10. The zero-order valence-electron chi connectivity index (χ0n) is 10.4. The Morgan fingerprint density at radius 2 is 2.19 bits per heavy atom. The Hall–Kier alpha value is -0.800. The molecular weight excluding hydrogens is 202 g/mol. The molecule has 1 heterocycles. The average molecular weight is 223 g/mol. The van der Waals surface area contributed by atoms with Gasteiger partial charge in [-0.2, -0.15) is 0 Å². The molecule has 1 fully saturated rings. The summed E-state index contributed by atoms with van der Waals surface area (Å²) in [5, 5.41) is 3.46. The van der Waals surface area contributed by atoms with Crippen LogP contribution in [0.15, 0.2) is 10.5 Å². The predicted molar refractivity (Wildman–Crippen MR) is 63.5 cm³/mol. The Kier molecular flexibility index (Phi) is 3.36. The maximum atomic E-state index is 5.56. The van der Waals surface area contributed by atoms with Gasteiger partial charge in [-0.15, -0.1) is 0 Å². The molecule has 0 spiro atoms. The molecule has 2 rings (SSSR count). The van der Waals surface area contributed by atoms with Gasteiger partial charge in [0.05, 0.1) is 5.60 Å². The number of hydrogen-bond donors (Lipinski definition) is 1. The van der Waals surface area contributed by atoms with Crippen molar-refractivity contribution >= 4 is 0 Å². The first-order valence-corrected chi connectivity index (χ1v) is 5.97. The molecule has 1 aliphatic rings. The fourth-order valence-electron chi connectivity index (χ4n) is 2.31. The number of rotatable bonds is 5. The van der Waals surface area contributed by atoms with E-state index >= 15 is 0 Å². The lowest BCUT2D eigenvalue weighted by Crippen LogP contribution is -2.47. The van der Waals surface area contributed by atoms with Crippen molar-refractivity contribution in [3.63, 3.8) is 0 Å². The fourth-order valence-corrected chi connectivity index (χ4v) is 2.31. The molecule has 1 N–H and O–H groups in total. The molecule has 0 atom stereocenters. The summed E-state index contributed by atoms with van der Waals surface area (Å²) in [5.41, 5.74) is 1.36. The first-order valence-electron chi connectivity index (χ1n) is 5.97. The Morgan fingerprint density at radius 1 is 1.44 bits per heavy atom. The van der Waals surface area contributed by atoms with E-state index in [4.69, 9.17) is 9.15 Å². The van der Waals surface area contributed by atoms with Crippen molar-refractivity contribution in [2.45, 2.75) is 45.3 Å². The molecule has 0 amide bonds. The van der Waals surface area contributed by atoms with Gasteiger partial charge in [-0.1, -0.05) is 0 Å². The van der Waals surface area contributed by atoms with E-state index in [0.717, 1.165) is 24.6 Å². The Labute approximate surface area is 97.2 Å². The van der Waals surface area contributed by atoms with Gasteiger partial charge in [0.1, 0.15) is 11.5 Å². The Morgan fingerprint density at radius 3 is 2.62 bits per heavy atom. The van der Waals surface area contributed by atoms with Crippen LogP contribution in [-0.4, -0.2) is 19.3 Å². The van der Waals surface area contributed by atoms with Crippen molar-refractivity contribution in [1.29, 1.82) is 0 Å². The highest BCUT2D eigenvalue weighted by Crippen LogP contribution is 2.34. The van der Waals surface area contributed by atoms with Gasteiger partial charge in [-0.25, -0.2) is 0 Å². The van der Waals surface area contributed by atoms with Crippen LogP contribution in [0, 0.1) is 13.8 Å². The average Bonchev–Trinajstić information content (AvgIpc) is 2.50. The number of nitrogens with one attached hydrogen (secondary N) is 1. The highest BCUT2D eigenvalue weighted by molar-refractivity contribution is 5.19. The summed E-state index contributed by atoms with van der Waals surface area (Å²) in [6.45, 7) is 5.81. The van der Waals surface area contributed by atoms with Crippen molar-refractivity contribution in [3.05, 3.63) is 23.2 Å². The molecule has 16 heavy (non-hydrogen) atoms. The van der Waals surface area contributed by atoms with Crippen LogP contribution in [0.5, 0.6) is 0 Å². The topological polar surface area (TPSA) is 34.4 Å². The minimum absolute atomic E-state index is 0.104. The monoisotopic (exact) mass is 223 g/mol. The maximum Gasteiger partial charge on any atom is 0.105 e. The van der Waals surface area contributed by atoms with Crippen molar-refractivity contribution < 1.29 is 9.15 Å². The quantitative estimate of drug-likeness (QED) is 0.833. The normalized spacial score (nSPS) is 18.4. The van der Waals surface area contributed by atoms with Crippen LogP contribution < -0.4 is 5.32 Å². The van der Waals surface area contributed by atoms with E-state index in [1.165, 1.54) is 24.8 Å². The van der Waals surface area contributed by atoms with Gasteiger partial charge in [0.2, 0.25) is 0 Å². The van der Waals surface area contributed by atoms with E-state index in [1.807, 2.05) is 21.0 Å². The van der Waals surface area contributed by atoms with Gasteiger partial charge in [-0.05, 0) is 39.2 Å². The fraction of sp³-hybridized carbons (Fsp3) is 0.692. The van der Waals surface area contributed by atoms with Crippen LogP contribution in [0.1, 0.15) is 36.3 Å². The van der Waals surface area contributed by atoms with Crippen molar-refractivity contribution in [3.8, 4) is 0 Å². The number of ether oxygens (including phenoxy) is 1. The first kappa shape index (κ1) is 11.7. The third kappa shape index (κ3) is 2.30. The lowest BCUT2D eigenvalue weighted by atomic mass is 9.80. The van der Waals surface area contributed by atoms with Crippen molar-refractivity contribution in [2.24, 2.45) is 0 Å². The van der Waals surface area contributed by atoms with E-state index in [0.29, 0.717) is 0 Å². The molecule has 3 nitrogen and oxygen atoms in total. The molecule has 0 aliphatic heterocycles. The number of methoxy groups -OCH3 is 1. The summed E-state index contributed by atoms with van der Waals surface area (Å²) in [4.78, 5) is 0. The molecule has 90 valence electrons. The zero-order valence-corrected chi connectivity index (χ0v) is 10.4. The van der Waals surface area contributed by atoms with Gasteiger partial charge in [0.15, 0.2) is 0 Å². The molecule has 1 aromatic heterocycles. The van der Waals surface area contributed by atoms with Crippen LogP contribution in [-0.2, 0) is 11.3 Å². The van der Waals surface area contributed by atoms with E-state index in [-0.39, 0.29) is 5.60 Å². The largest absolute Gasteiger partial charge is 0.466 e. The highest BCUT2D eigenvalue weighted by atomic mass is 16.5. The molecule has 1 saturated carbocycles. The molecular formula is C13H21NO2. The summed E-state index contributed by atoms with van der Waals surface area (Å²) in [6.07, 6.45) is 3.65. The second kappa shape index (κ2) is 4.60. The van der Waals surface area contributed by atoms with Gasteiger partial charge in [-0.3, -0.25) is 0 Å². The van der Waals surface area contributed by atoms with Gasteiger partial charge >= 0.3 is 0 Å². The first-order chi connectivity index (χ1) is 7.65. The van der Waals surface area contributed by atoms with Crippen molar-refractivity contribution in [2.75, 3.05) is 13.7 Å². The Balaban J connectivity index is 1.81. The summed E-state index contributed by atoms with van der Waals surface area (Å²) < 4.78 is 11.1. The zero-order chi connectivity index (χ0) is 11.6. The van der Waals surface area contributed by atoms with Crippen LogP contribution in [0.2, 0.25) is 0 Å². The van der Waals surface area contributed by atoms with E-state index in [2.05, 4.69) is 11.4 Å². The predicted octanol–water partition coefficient (Wildman–Crippen LogP) is 2.56. The minimum atomic E-state index is 0.104. The van der Waals surface area contributed by atoms with E-state index in [9.17, 15) is 0 Å². The summed E-state index contributed by atoms with van der Waals surface area (Å²) >= 11 is 0. The van der Waals surface area contributed by atoms with Crippen LogP contribution in [0.25, 0.3) is 0 Å². The standard InChI is InChI=1S/C13H21NO2/c1-10-7-12(11(2)16-10)8-14-9-13(15-3)5-4-6-13/h7,14H,4-6,8-9H2,1-3H3. The van der Waals surface area contributed by atoms with E-state index < -0.39 is 0 Å². The Bertz CT molecular complexity index is 347. The molecule has 0 aromatic carbocycles. The van der Waals surface area contributed by atoms with Crippen LogP contribution >= 0.6 is 0 Å². The second-order valence-corrected chi connectivity index (χ2v) is 4.78. The lowest BCUT2D eigenvalue weighted by molar-refractivity contribution is -0.0695. The molecule has 0 radical (unpaired) electrons. The number of furan rings is 1. The third-order valence-corrected chi connectivity index (χ3v) is 3.60. The summed E-state index contributed by atoms with van der Waals surface area (Å²) in [5.74, 6) is 2.00. The smallest absolute Gasteiger partial charge is 0.105 e. The second-order valence-electron chi connectivity index (χ2n) is 4.78. The van der Waals surface area contributed by atoms with Crippen molar-refractivity contribution in [1.82, 2.24) is 5.32 Å². The highest BCUT2D eigenvalue weighted by Gasteiger charge is 2.36. The van der Waals surface area contributed by atoms with Crippen LogP contribution in [0.4, 0.5) is 0 Å². The van der Waals surface area contributed by atoms with Gasteiger partial charge < -0.3 is 14.5 Å². The lowest BCUT2D eigenvalue weighted by Gasteiger charge is -2.40. The van der Waals surface area contributed by atoms with Gasteiger partial charge in [0.25, 0.3) is 0 Å². The molecule has 3 heteroatoms. The molecule has 1 aliphatic carbocycles. The SMILES string of the molecule is COC1(CNCc2cc(C)oc2C)CCC1. The van der Waals surface area contributed by atoms with Gasteiger partial charge in [0, 0.05) is 25.8 Å². The van der Waals surface area contributed by atoms with E-state index in [1.54, 1.807) is 0 Å². The summed E-state index contributed by atoms with van der Waals surface area (Å²) in [7, 11) is 1.81. The molecule has 0 bridgehead atoms. The molecule has 0 saturated heterocycles. The number of hydrogen-bond acceptors (Lipinski definition) is 3. The number of aryl methyl sites for hydroxylation is 2. The molecule has 0 unspecified atom stereocenters. The maximum absolute atomic E-state index is 5.56. The molecule has 1 aromatic rings. The van der Waals surface area contributed by atoms with Crippen LogP contribution in [0.3, 0.4) is 0 Å². The minimum Gasteiger partial charge on any atom is -0.466 e. The third-order valence-electron chi connectivity index (χ3n) is 3.60.